The fraction of sp³-hybridized carbons (Fsp3) is 0.933. The normalized spacial score (nSPS) is 30.7. The first-order valence-corrected chi connectivity index (χ1v) is 7.86. The Morgan fingerprint density at radius 3 is 2.63 bits per heavy atom. The minimum atomic E-state index is 0.517. The number of nitrogens with one attached hydrogen (secondary N) is 2. The lowest BCUT2D eigenvalue weighted by Crippen LogP contribution is -2.45. The second-order valence-electron chi connectivity index (χ2n) is 6.36. The predicted octanol–water partition coefficient (Wildman–Crippen LogP) is 1.42. The Morgan fingerprint density at radius 1 is 1.21 bits per heavy atom. The molecule has 0 amide bonds. The summed E-state index contributed by atoms with van der Waals surface area (Å²) in [7, 11) is 2.21. The van der Waals surface area contributed by atoms with Gasteiger partial charge in [-0.05, 0) is 45.3 Å². The Kier molecular flexibility index (Phi) is 5.79. The zero-order chi connectivity index (χ0) is 13.7. The molecule has 2 rings (SSSR count). The van der Waals surface area contributed by atoms with E-state index in [1.54, 1.807) is 0 Å². The van der Waals surface area contributed by atoms with Crippen molar-refractivity contribution in [2.45, 2.75) is 38.6 Å². The van der Waals surface area contributed by atoms with Crippen LogP contribution in [0.3, 0.4) is 0 Å². The maximum atomic E-state index is 7.93. The van der Waals surface area contributed by atoms with E-state index in [0.717, 1.165) is 18.7 Å². The first kappa shape index (κ1) is 14.9. The summed E-state index contributed by atoms with van der Waals surface area (Å²) >= 11 is 0. The van der Waals surface area contributed by atoms with Crippen molar-refractivity contribution in [3.63, 3.8) is 0 Å². The predicted molar refractivity (Wildman–Crippen MR) is 81.1 cm³/mol. The van der Waals surface area contributed by atoms with Crippen LogP contribution in [0, 0.1) is 11.3 Å². The van der Waals surface area contributed by atoms with E-state index in [4.69, 9.17) is 5.41 Å². The molecule has 0 radical (unpaired) electrons. The first-order chi connectivity index (χ1) is 9.15. The minimum Gasteiger partial charge on any atom is -0.314 e. The van der Waals surface area contributed by atoms with Crippen LogP contribution in [-0.2, 0) is 0 Å². The quantitative estimate of drug-likeness (QED) is 0.740. The van der Waals surface area contributed by atoms with Crippen LogP contribution in [0.5, 0.6) is 0 Å². The summed E-state index contributed by atoms with van der Waals surface area (Å²) in [6.45, 7) is 9.40. The number of nitrogens with zero attached hydrogens (tertiary/aromatic N) is 2. The van der Waals surface area contributed by atoms with Crippen molar-refractivity contribution in [2.75, 3.05) is 46.3 Å². The van der Waals surface area contributed by atoms with Gasteiger partial charge < -0.3 is 20.5 Å². The molecular weight excluding hydrogens is 236 g/mol. The Balaban J connectivity index is 1.53. The van der Waals surface area contributed by atoms with Crippen molar-refractivity contribution < 1.29 is 0 Å². The molecule has 2 atom stereocenters. The van der Waals surface area contributed by atoms with Crippen molar-refractivity contribution in [2.24, 2.45) is 5.92 Å². The van der Waals surface area contributed by atoms with E-state index in [2.05, 4.69) is 29.1 Å². The molecule has 2 unspecified atom stereocenters. The average molecular weight is 266 g/mol. The molecule has 2 fully saturated rings. The summed E-state index contributed by atoms with van der Waals surface area (Å²) < 4.78 is 0. The average Bonchev–Trinajstić information content (AvgIpc) is 2.41. The van der Waals surface area contributed by atoms with E-state index >= 15 is 0 Å². The van der Waals surface area contributed by atoms with Gasteiger partial charge in [0.1, 0.15) is 0 Å². The zero-order valence-electron chi connectivity index (χ0n) is 12.6. The third-order valence-corrected chi connectivity index (χ3v) is 4.69. The number of hydrogen-bond acceptors (Lipinski definition) is 4. The summed E-state index contributed by atoms with van der Waals surface area (Å²) in [5, 5.41) is 11.6. The van der Waals surface area contributed by atoms with E-state index < -0.39 is 0 Å². The van der Waals surface area contributed by atoms with Crippen LogP contribution < -0.4 is 5.32 Å². The molecule has 0 aromatic rings. The van der Waals surface area contributed by atoms with E-state index in [-0.39, 0.29) is 0 Å². The Hall–Kier alpha value is -0.450. The third kappa shape index (κ3) is 4.86. The van der Waals surface area contributed by atoms with Gasteiger partial charge in [0.25, 0.3) is 0 Å². The van der Waals surface area contributed by atoms with Gasteiger partial charge in [-0.15, -0.1) is 0 Å². The summed E-state index contributed by atoms with van der Waals surface area (Å²) in [4.78, 5) is 4.98. The molecule has 1 saturated heterocycles. The van der Waals surface area contributed by atoms with Crippen molar-refractivity contribution in [1.82, 2.24) is 15.1 Å². The molecule has 2 N–H and O–H groups in total. The van der Waals surface area contributed by atoms with Crippen LogP contribution in [0.1, 0.15) is 32.6 Å². The number of piperazine rings is 1. The van der Waals surface area contributed by atoms with Crippen molar-refractivity contribution in [3.05, 3.63) is 0 Å². The fourth-order valence-corrected chi connectivity index (χ4v) is 3.05. The number of hydrogen-bond donors (Lipinski definition) is 2. The molecule has 1 aliphatic heterocycles. The Morgan fingerprint density at radius 2 is 1.95 bits per heavy atom. The third-order valence-electron chi connectivity index (χ3n) is 4.69. The standard InChI is InChI=1S/C15H30N4/c1-13-4-5-14(12-15(13)16)17-6-3-7-19-10-8-18(2)9-11-19/h13-14,16-17H,3-12H2,1-2H3. The van der Waals surface area contributed by atoms with E-state index in [1.165, 1.54) is 52.0 Å². The molecule has 4 heteroatoms. The van der Waals surface area contributed by atoms with Gasteiger partial charge in [0.05, 0.1) is 0 Å². The maximum Gasteiger partial charge on any atom is 0.0133 e. The van der Waals surface area contributed by atoms with Gasteiger partial charge in [0.2, 0.25) is 0 Å². The van der Waals surface area contributed by atoms with Crippen LogP contribution in [0.25, 0.3) is 0 Å². The molecule has 1 saturated carbocycles. The van der Waals surface area contributed by atoms with E-state index in [9.17, 15) is 0 Å². The summed E-state index contributed by atoms with van der Waals surface area (Å²) in [5.74, 6) is 0.517. The minimum absolute atomic E-state index is 0.517. The molecule has 0 bridgehead atoms. The molecule has 2 aliphatic rings. The molecule has 0 aromatic heterocycles. The van der Waals surface area contributed by atoms with Crippen LogP contribution >= 0.6 is 0 Å². The molecular formula is C15H30N4. The lowest BCUT2D eigenvalue weighted by atomic mass is 9.85. The largest absolute Gasteiger partial charge is 0.314 e. The topological polar surface area (TPSA) is 42.4 Å². The van der Waals surface area contributed by atoms with Gasteiger partial charge >= 0.3 is 0 Å². The molecule has 110 valence electrons. The second-order valence-corrected chi connectivity index (χ2v) is 6.36. The highest BCUT2D eigenvalue weighted by molar-refractivity contribution is 5.84. The van der Waals surface area contributed by atoms with Gasteiger partial charge in [-0.1, -0.05) is 6.92 Å². The monoisotopic (exact) mass is 266 g/mol. The summed E-state index contributed by atoms with van der Waals surface area (Å²) in [6, 6.07) is 0.566. The summed E-state index contributed by atoms with van der Waals surface area (Å²) in [5.41, 5.74) is 0.947. The van der Waals surface area contributed by atoms with Crippen molar-refractivity contribution in [1.29, 1.82) is 5.41 Å². The molecule has 0 spiro atoms. The fourth-order valence-electron chi connectivity index (χ4n) is 3.05. The van der Waals surface area contributed by atoms with Crippen LogP contribution in [0.2, 0.25) is 0 Å². The summed E-state index contributed by atoms with van der Waals surface area (Å²) in [6.07, 6.45) is 4.64. The smallest absolute Gasteiger partial charge is 0.0133 e. The van der Waals surface area contributed by atoms with Crippen molar-refractivity contribution in [3.8, 4) is 0 Å². The molecule has 1 heterocycles. The van der Waals surface area contributed by atoms with Crippen LogP contribution in [0.15, 0.2) is 0 Å². The zero-order valence-corrected chi connectivity index (χ0v) is 12.6. The highest BCUT2D eigenvalue weighted by Gasteiger charge is 2.22. The number of likely N-dealkylation sites (N-methyl/N-ethyl adjacent to an activating group) is 1. The van der Waals surface area contributed by atoms with Gasteiger partial charge in [0.15, 0.2) is 0 Å². The van der Waals surface area contributed by atoms with E-state index in [0.29, 0.717) is 12.0 Å². The highest BCUT2D eigenvalue weighted by atomic mass is 15.2. The Labute approximate surface area is 118 Å². The van der Waals surface area contributed by atoms with E-state index in [1.807, 2.05) is 0 Å². The number of rotatable bonds is 5. The highest BCUT2D eigenvalue weighted by Crippen LogP contribution is 2.20. The SMILES string of the molecule is CC1CCC(NCCCN2CCN(C)CC2)CC1=N. The van der Waals surface area contributed by atoms with Crippen LogP contribution in [0.4, 0.5) is 0 Å². The molecule has 0 aromatic carbocycles. The van der Waals surface area contributed by atoms with Crippen LogP contribution in [-0.4, -0.2) is 67.9 Å². The first-order valence-electron chi connectivity index (χ1n) is 7.86. The second kappa shape index (κ2) is 7.36. The maximum absolute atomic E-state index is 7.93. The Bertz CT molecular complexity index is 284. The van der Waals surface area contributed by atoms with Gasteiger partial charge in [-0.25, -0.2) is 0 Å². The lowest BCUT2D eigenvalue weighted by molar-refractivity contribution is 0.152. The molecule has 4 nitrogen and oxygen atoms in total. The van der Waals surface area contributed by atoms with Crippen molar-refractivity contribution >= 4 is 5.71 Å². The van der Waals surface area contributed by atoms with Gasteiger partial charge in [-0.3, -0.25) is 0 Å². The van der Waals surface area contributed by atoms with Gasteiger partial charge in [0, 0.05) is 44.4 Å². The molecule has 19 heavy (non-hydrogen) atoms. The lowest BCUT2D eigenvalue weighted by Gasteiger charge is -2.32. The van der Waals surface area contributed by atoms with Gasteiger partial charge in [-0.2, -0.15) is 0 Å². The molecule has 1 aliphatic carbocycles.